The van der Waals surface area contributed by atoms with Crippen LogP contribution in [0.2, 0.25) is 0 Å². The molecule has 2 aromatic rings. The van der Waals surface area contributed by atoms with Crippen molar-refractivity contribution in [2.75, 3.05) is 18.1 Å². The fraction of sp³-hybridized carbons (Fsp3) is 0.200. The third kappa shape index (κ3) is 2.42. The lowest BCUT2D eigenvalue weighted by molar-refractivity contribution is 0.174. The molecule has 0 aliphatic carbocycles. The molecule has 0 saturated heterocycles. The highest BCUT2D eigenvalue weighted by Gasteiger charge is 2.23. The summed E-state index contributed by atoms with van der Waals surface area (Å²) in [5.74, 6) is 1.18. The Morgan fingerprint density at radius 1 is 1.05 bits per heavy atom. The van der Waals surface area contributed by atoms with E-state index < -0.39 is 10.0 Å². The van der Waals surface area contributed by atoms with Crippen molar-refractivity contribution >= 4 is 15.7 Å². The van der Waals surface area contributed by atoms with Crippen molar-refractivity contribution < 1.29 is 17.9 Å². The van der Waals surface area contributed by atoms with Crippen LogP contribution >= 0.6 is 0 Å². The molecular weight excluding hydrogens is 290 g/mol. The molecule has 0 amide bonds. The van der Waals surface area contributed by atoms with Crippen LogP contribution in [0.4, 0.5) is 5.69 Å². The van der Waals surface area contributed by atoms with Gasteiger partial charge in [-0.1, -0.05) is 12.1 Å². The molecule has 0 spiro atoms. The molecule has 0 unspecified atom stereocenters. The van der Waals surface area contributed by atoms with Gasteiger partial charge in [0.25, 0.3) is 10.0 Å². The highest BCUT2D eigenvalue weighted by Crippen LogP contribution is 2.36. The van der Waals surface area contributed by atoms with Gasteiger partial charge in [0.15, 0.2) is 11.5 Å². The second-order valence-electron chi connectivity index (χ2n) is 4.83. The number of sulfonamides is 1. The fourth-order valence-electron chi connectivity index (χ4n) is 2.15. The van der Waals surface area contributed by atoms with Crippen molar-refractivity contribution in [1.82, 2.24) is 0 Å². The summed E-state index contributed by atoms with van der Waals surface area (Å²) in [5, 5.41) is 0. The van der Waals surface area contributed by atoms with Gasteiger partial charge in [-0.3, -0.25) is 4.31 Å². The first-order valence-electron chi connectivity index (χ1n) is 6.44. The van der Waals surface area contributed by atoms with Crippen LogP contribution < -0.4 is 13.8 Å². The van der Waals surface area contributed by atoms with E-state index in [4.69, 9.17) is 9.47 Å². The van der Waals surface area contributed by atoms with Gasteiger partial charge in [0, 0.05) is 13.1 Å². The molecular formula is C15H15NO4S. The van der Waals surface area contributed by atoms with Crippen LogP contribution in [0.25, 0.3) is 0 Å². The Morgan fingerprint density at radius 2 is 1.81 bits per heavy atom. The predicted octanol–water partition coefficient (Wildman–Crippen LogP) is 2.55. The number of aryl methyl sites for hydroxylation is 1. The largest absolute Gasteiger partial charge is 0.454 e. The SMILES string of the molecule is Cc1cccc(S(=O)(=O)N(C)c2ccc3c(c2)OCO3)c1. The summed E-state index contributed by atoms with van der Waals surface area (Å²) in [6, 6.07) is 11.9. The monoisotopic (exact) mass is 305 g/mol. The van der Waals surface area contributed by atoms with Gasteiger partial charge < -0.3 is 9.47 Å². The second kappa shape index (κ2) is 4.96. The molecule has 0 saturated carbocycles. The minimum absolute atomic E-state index is 0.160. The van der Waals surface area contributed by atoms with Crippen LogP contribution in [-0.2, 0) is 10.0 Å². The maximum Gasteiger partial charge on any atom is 0.264 e. The molecule has 2 aromatic carbocycles. The number of nitrogens with zero attached hydrogens (tertiary/aromatic N) is 1. The maximum absolute atomic E-state index is 12.6. The van der Waals surface area contributed by atoms with Gasteiger partial charge in [0.1, 0.15) is 0 Å². The van der Waals surface area contributed by atoms with Crippen LogP contribution in [0, 0.1) is 6.92 Å². The lowest BCUT2D eigenvalue weighted by Crippen LogP contribution is -2.26. The Bertz CT molecular complexity index is 786. The first kappa shape index (κ1) is 13.8. The van der Waals surface area contributed by atoms with Crippen LogP contribution in [0.1, 0.15) is 5.56 Å². The Kier molecular flexibility index (Phi) is 3.25. The summed E-state index contributed by atoms with van der Waals surface area (Å²) < 4.78 is 37.0. The van der Waals surface area contributed by atoms with E-state index >= 15 is 0 Å². The second-order valence-corrected chi connectivity index (χ2v) is 6.80. The fourth-order valence-corrected chi connectivity index (χ4v) is 3.45. The topological polar surface area (TPSA) is 55.8 Å². The van der Waals surface area contributed by atoms with E-state index in [0.717, 1.165) is 5.56 Å². The molecule has 6 heteroatoms. The Labute approximate surface area is 123 Å². The zero-order chi connectivity index (χ0) is 15.0. The molecule has 0 aromatic heterocycles. The van der Waals surface area contributed by atoms with Gasteiger partial charge in [-0.05, 0) is 36.8 Å². The Hall–Kier alpha value is -2.21. The zero-order valence-electron chi connectivity index (χ0n) is 11.7. The van der Waals surface area contributed by atoms with Crippen molar-refractivity contribution in [3.63, 3.8) is 0 Å². The van der Waals surface area contributed by atoms with Crippen LogP contribution in [0.5, 0.6) is 11.5 Å². The summed E-state index contributed by atoms with van der Waals surface area (Å²) in [6.07, 6.45) is 0. The smallest absolute Gasteiger partial charge is 0.264 e. The first-order chi connectivity index (χ1) is 9.98. The molecule has 1 aliphatic heterocycles. The number of anilines is 1. The van der Waals surface area contributed by atoms with Gasteiger partial charge in [-0.2, -0.15) is 0 Å². The standard InChI is InChI=1S/C15H15NO4S/c1-11-4-3-5-13(8-11)21(17,18)16(2)12-6-7-14-15(9-12)20-10-19-14/h3-9H,10H2,1-2H3. The summed E-state index contributed by atoms with van der Waals surface area (Å²) in [7, 11) is -2.07. The number of hydrogen-bond acceptors (Lipinski definition) is 4. The highest BCUT2D eigenvalue weighted by molar-refractivity contribution is 7.92. The molecule has 0 atom stereocenters. The zero-order valence-corrected chi connectivity index (χ0v) is 12.6. The average Bonchev–Trinajstić information content (AvgIpc) is 2.93. The van der Waals surface area contributed by atoms with Crippen LogP contribution in [0.15, 0.2) is 47.4 Å². The van der Waals surface area contributed by atoms with Gasteiger partial charge in [0.2, 0.25) is 6.79 Å². The van der Waals surface area contributed by atoms with Crippen molar-refractivity contribution in [3.05, 3.63) is 48.0 Å². The van der Waals surface area contributed by atoms with Crippen molar-refractivity contribution in [1.29, 1.82) is 0 Å². The number of hydrogen-bond donors (Lipinski definition) is 0. The minimum atomic E-state index is -3.59. The molecule has 0 N–H and O–H groups in total. The lowest BCUT2D eigenvalue weighted by Gasteiger charge is -2.20. The summed E-state index contributed by atoms with van der Waals surface area (Å²) >= 11 is 0. The van der Waals surface area contributed by atoms with Crippen LogP contribution in [-0.4, -0.2) is 22.3 Å². The summed E-state index contributed by atoms with van der Waals surface area (Å²) in [6.45, 7) is 2.02. The van der Waals surface area contributed by atoms with Gasteiger partial charge in [-0.25, -0.2) is 8.42 Å². The number of rotatable bonds is 3. The summed E-state index contributed by atoms with van der Waals surface area (Å²) in [4.78, 5) is 0.266. The van der Waals surface area contributed by atoms with E-state index in [1.165, 1.54) is 11.4 Å². The van der Waals surface area contributed by atoms with E-state index in [2.05, 4.69) is 0 Å². The predicted molar refractivity (Wildman–Crippen MR) is 79.3 cm³/mol. The third-order valence-corrected chi connectivity index (χ3v) is 5.15. The van der Waals surface area contributed by atoms with Gasteiger partial charge in [0.05, 0.1) is 10.6 Å². The molecule has 1 heterocycles. The van der Waals surface area contributed by atoms with Crippen molar-refractivity contribution in [2.24, 2.45) is 0 Å². The third-order valence-electron chi connectivity index (χ3n) is 3.37. The van der Waals surface area contributed by atoms with E-state index in [9.17, 15) is 8.42 Å². The van der Waals surface area contributed by atoms with E-state index in [-0.39, 0.29) is 11.7 Å². The van der Waals surface area contributed by atoms with Gasteiger partial charge in [-0.15, -0.1) is 0 Å². The van der Waals surface area contributed by atoms with E-state index in [1.54, 1.807) is 36.4 Å². The first-order valence-corrected chi connectivity index (χ1v) is 7.88. The quantitative estimate of drug-likeness (QED) is 0.874. The number of fused-ring (bicyclic) bond motifs is 1. The molecule has 21 heavy (non-hydrogen) atoms. The molecule has 110 valence electrons. The Morgan fingerprint density at radius 3 is 2.57 bits per heavy atom. The van der Waals surface area contributed by atoms with E-state index in [1.807, 2.05) is 13.0 Å². The van der Waals surface area contributed by atoms with Gasteiger partial charge >= 0.3 is 0 Å². The maximum atomic E-state index is 12.6. The van der Waals surface area contributed by atoms with E-state index in [0.29, 0.717) is 17.2 Å². The number of benzene rings is 2. The molecule has 0 fully saturated rings. The highest BCUT2D eigenvalue weighted by atomic mass is 32.2. The lowest BCUT2D eigenvalue weighted by atomic mass is 10.2. The van der Waals surface area contributed by atoms with Crippen LogP contribution in [0.3, 0.4) is 0 Å². The Balaban J connectivity index is 1.99. The normalized spacial score (nSPS) is 13.2. The minimum Gasteiger partial charge on any atom is -0.454 e. The molecule has 3 rings (SSSR count). The number of ether oxygens (including phenoxy) is 2. The van der Waals surface area contributed by atoms with Crippen molar-refractivity contribution in [2.45, 2.75) is 11.8 Å². The average molecular weight is 305 g/mol. The molecule has 1 aliphatic rings. The molecule has 0 radical (unpaired) electrons. The molecule has 5 nitrogen and oxygen atoms in total. The summed E-state index contributed by atoms with van der Waals surface area (Å²) in [5.41, 5.74) is 1.43. The molecule has 0 bridgehead atoms. The van der Waals surface area contributed by atoms with Crippen molar-refractivity contribution in [3.8, 4) is 11.5 Å².